The van der Waals surface area contributed by atoms with Crippen molar-refractivity contribution < 1.29 is 62.3 Å². The zero-order chi connectivity index (χ0) is 29.9. The molecule has 0 radical (unpaired) electrons. The number of carbonyl (C=O) groups excluding carboxylic acids is 5. The molecule has 6 atom stereocenters. The molecular formula is C25H39NO13. The van der Waals surface area contributed by atoms with Gasteiger partial charge in [-0.05, 0) is 33.6 Å². The Hall–Kier alpha value is -3.42. The highest BCUT2D eigenvalue weighted by Gasteiger charge is 2.51. The molecule has 1 fully saturated rings. The van der Waals surface area contributed by atoms with E-state index in [0.29, 0.717) is 12.8 Å². The van der Waals surface area contributed by atoms with Gasteiger partial charge < -0.3 is 38.8 Å². The van der Waals surface area contributed by atoms with Crippen LogP contribution in [-0.2, 0) is 52.4 Å². The number of hydrogen-bond donors (Lipinski definition) is 2. The van der Waals surface area contributed by atoms with Gasteiger partial charge in [0.2, 0.25) is 0 Å². The topological polar surface area (TPSA) is 190 Å². The molecule has 0 aromatic rings. The largest absolute Gasteiger partial charge is 0.480 e. The lowest BCUT2D eigenvalue weighted by Gasteiger charge is -2.44. The highest BCUT2D eigenvalue weighted by atomic mass is 16.7. The van der Waals surface area contributed by atoms with Crippen LogP contribution in [0.15, 0.2) is 0 Å². The molecule has 0 bridgehead atoms. The third-order valence-corrected chi connectivity index (χ3v) is 5.31. The lowest BCUT2D eigenvalue weighted by Crippen LogP contribution is -2.62. The van der Waals surface area contributed by atoms with Gasteiger partial charge in [-0.15, -0.1) is 0 Å². The van der Waals surface area contributed by atoms with E-state index in [2.05, 4.69) is 5.32 Å². The number of unbranched alkanes of at least 4 members (excludes halogenated alkanes) is 1. The minimum absolute atomic E-state index is 0.0554. The van der Waals surface area contributed by atoms with Crippen molar-refractivity contribution in [3.05, 3.63) is 0 Å². The summed E-state index contributed by atoms with van der Waals surface area (Å²) in [6, 6.07) is -1.21. The van der Waals surface area contributed by atoms with Crippen LogP contribution in [0, 0.1) is 0 Å². The minimum atomic E-state index is -1.27. The van der Waals surface area contributed by atoms with Gasteiger partial charge in [0.1, 0.15) is 24.4 Å². The highest BCUT2D eigenvalue weighted by Crippen LogP contribution is 2.31. The number of hydrogen-bond acceptors (Lipinski definition) is 12. The minimum Gasteiger partial charge on any atom is -0.480 e. The second-order valence-corrected chi connectivity index (χ2v) is 10.1. The average Bonchev–Trinajstić information content (AvgIpc) is 2.75. The molecule has 1 aliphatic heterocycles. The van der Waals surface area contributed by atoms with E-state index in [4.69, 9.17) is 28.4 Å². The van der Waals surface area contributed by atoms with E-state index in [1.54, 1.807) is 20.8 Å². The Labute approximate surface area is 226 Å². The molecule has 0 spiro atoms. The standard InChI is InChI=1S/C25H39NO13/c1-13(27)34-12-19-21(36-15(3)29)22(37-16(4)30)20(35-14(2)28)18(38-19)11-9-8-10-17(23(31)32)26-24(33)39-25(5,6)7/h17-22H,8-12H2,1-7H3,(H,26,33)(H,31,32)/t17-,18-,19+,20-,21-,22+/m0/s1. The van der Waals surface area contributed by atoms with Crippen molar-refractivity contribution in [1.82, 2.24) is 5.32 Å². The first-order valence-electron chi connectivity index (χ1n) is 12.5. The Kier molecular flexibility index (Phi) is 13.1. The van der Waals surface area contributed by atoms with Gasteiger partial charge in [-0.1, -0.05) is 12.8 Å². The van der Waals surface area contributed by atoms with Crippen molar-refractivity contribution >= 4 is 35.9 Å². The number of ether oxygens (including phenoxy) is 6. The molecule has 1 amide bonds. The number of nitrogens with one attached hydrogen (secondary N) is 1. The molecule has 39 heavy (non-hydrogen) atoms. The Bertz CT molecular complexity index is 897. The van der Waals surface area contributed by atoms with Gasteiger partial charge in [0.25, 0.3) is 0 Å². The first-order chi connectivity index (χ1) is 18.0. The normalized spacial score (nSPS) is 23.5. The van der Waals surface area contributed by atoms with E-state index in [1.807, 2.05) is 0 Å². The average molecular weight is 562 g/mol. The van der Waals surface area contributed by atoms with Crippen LogP contribution in [0.5, 0.6) is 0 Å². The third kappa shape index (κ3) is 12.8. The monoisotopic (exact) mass is 561 g/mol. The van der Waals surface area contributed by atoms with Gasteiger partial charge >= 0.3 is 35.9 Å². The van der Waals surface area contributed by atoms with Crippen LogP contribution in [0.4, 0.5) is 4.79 Å². The van der Waals surface area contributed by atoms with Crippen LogP contribution in [0.1, 0.15) is 74.1 Å². The molecule has 1 saturated heterocycles. The van der Waals surface area contributed by atoms with Crippen LogP contribution in [0.3, 0.4) is 0 Å². The van der Waals surface area contributed by atoms with Crippen molar-refractivity contribution in [1.29, 1.82) is 0 Å². The maximum atomic E-state index is 12.0. The van der Waals surface area contributed by atoms with E-state index >= 15 is 0 Å². The van der Waals surface area contributed by atoms with Gasteiger partial charge in [-0.2, -0.15) is 0 Å². The number of carboxylic acid groups (broad SMARTS) is 1. The summed E-state index contributed by atoms with van der Waals surface area (Å²) in [5, 5.41) is 11.8. The van der Waals surface area contributed by atoms with Crippen molar-refractivity contribution in [2.75, 3.05) is 6.61 Å². The van der Waals surface area contributed by atoms with Gasteiger partial charge in [0.05, 0.1) is 6.10 Å². The molecular weight excluding hydrogens is 522 g/mol. The molecule has 0 aromatic carbocycles. The molecule has 14 nitrogen and oxygen atoms in total. The predicted molar refractivity (Wildman–Crippen MR) is 131 cm³/mol. The Morgan fingerprint density at radius 2 is 1.31 bits per heavy atom. The van der Waals surface area contributed by atoms with Crippen molar-refractivity contribution in [3.63, 3.8) is 0 Å². The molecule has 0 saturated carbocycles. The van der Waals surface area contributed by atoms with Gasteiger partial charge in [-0.3, -0.25) is 19.2 Å². The number of carboxylic acids is 1. The lowest BCUT2D eigenvalue weighted by atomic mass is 9.91. The summed E-state index contributed by atoms with van der Waals surface area (Å²) in [7, 11) is 0. The van der Waals surface area contributed by atoms with E-state index < -0.39 is 78.1 Å². The maximum Gasteiger partial charge on any atom is 0.408 e. The summed E-state index contributed by atoms with van der Waals surface area (Å²) in [5.74, 6) is -4.05. The molecule has 2 N–H and O–H groups in total. The second kappa shape index (κ2) is 15.2. The zero-order valence-corrected chi connectivity index (χ0v) is 23.3. The van der Waals surface area contributed by atoms with Crippen molar-refractivity contribution in [2.45, 2.75) is 116 Å². The maximum absolute atomic E-state index is 12.0. The fourth-order valence-electron chi connectivity index (χ4n) is 3.95. The van der Waals surface area contributed by atoms with E-state index in [-0.39, 0.29) is 19.4 Å². The smallest absolute Gasteiger partial charge is 0.408 e. The Morgan fingerprint density at radius 1 is 0.795 bits per heavy atom. The predicted octanol–water partition coefficient (Wildman–Crippen LogP) is 1.65. The number of rotatable bonds is 12. The third-order valence-electron chi connectivity index (χ3n) is 5.31. The highest BCUT2D eigenvalue weighted by molar-refractivity contribution is 5.80. The number of amides is 1. The zero-order valence-electron chi connectivity index (χ0n) is 23.3. The van der Waals surface area contributed by atoms with Gasteiger partial charge in [0.15, 0.2) is 18.3 Å². The second-order valence-electron chi connectivity index (χ2n) is 10.1. The Balaban J connectivity index is 3.05. The van der Waals surface area contributed by atoms with E-state index in [0.717, 1.165) is 20.8 Å². The molecule has 0 aromatic heterocycles. The summed E-state index contributed by atoms with van der Waals surface area (Å²) in [4.78, 5) is 70.6. The van der Waals surface area contributed by atoms with Crippen molar-refractivity contribution in [2.24, 2.45) is 0 Å². The van der Waals surface area contributed by atoms with Crippen molar-refractivity contribution in [3.8, 4) is 0 Å². The number of carbonyl (C=O) groups is 6. The number of alkyl carbamates (subject to hydrolysis) is 1. The number of aliphatic carboxylic acids is 1. The van der Waals surface area contributed by atoms with Crippen LogP contribution >= 0.6 is 0 Å². The first kappa shape index (κ1) is 33.6. The molecule has 14 heteroatoms. The quantitative estimate of drug-likeness (QED) is 0.199. The Morgan fingerprint density at radius 3 is 1.77 bits per heavy atom. The molecule has 0 unspecified atom stereocenters. The first-order valence-corrected chi connectivity index (χ1v) is 12.5. The summed E-state index contributed by atoms with van der Waals surface area (Å²) in [6.45, 7) is 9.19. The summed E-state index contributed by atoms with van der Waals surface area (Å²) >= 11 is 0. The molecule has 0 aliphatic carbocycles. The lowest BCUT2D eigenvalue weighted by molar-refractivity contribution is -0.253. The molecule has 222 valence electrons. The van der Waals surface area contributed by atoms with Crippen LogP contribution in [0.2, 0.25) is 0 Å². The van der Waals surface area contributed by atoms with Crippen LogP contribution in [-0.4, -0.2) is 89.8 Å². The fraction of sp³-hybridized carbons (Fsp3) is 0.760. The van der Waals surface area contributed by atoms with Gasteiger partial charge in [0, 0.05) is 27.7 Å². The van der Waals surface area contributed by atoms with Gasteiger partial charge in [-0.25, -0.2) is 9.59 Å². The molecule has 1 aliphatic rings. The molecule has 1 rings (SSSR count). The SMILES string of the molecule is CC(=O)OC[C@H]1O[C@@H](CCCC[C@H](NC(=O)OC(C)(C)C)C(=O)O)[C@H](OC(C)=O)[C@@H](OC(C)=O)[C@H]1OC(C)=O. The van der Waals surface area contributed by atoms with E-state index in [1.165, 1.54) is 6.92 Å². The summed E-state index contributed by atoms with van der Waals surface area (Å²) in [6.07, 6.45) is -5.62. The summed E-state index contributed by atoms with van der Waals surface area (Å²) in [5.41, 5.74) is -0.803. The fourth-order valence-corrected chi connectivity index (χ4v) is 3.95. The van der Waals surface area contributed by atoms with Crippen LogP contribution < -0.4 is 5.32 Å². The van der Waals surface area contributed by atoms with Crippen LogP contribution in [0.25, 0.3) is 0 Å². The number of esters is 4. The van der Waals surface area contributed by atoms with E-state index in [9.17, 15) is 33.9 Å². The molecule has 1 heterocycles. The summed E-state index contributed by atoms with van der Waals surface area (Å²) < 4.78 is 32.3.